The molecule has 0 heterocycles. The Morgan fingerprint density at radius 2 is 1.68 bits per heavy atom. The number of sulfonamides is 1. The first kappa shape index (κ1) is 13.5. The van der Waals surface area contributed by atoms with E-state index in [9.17, 15) is 12.8 Å². The van der Waals surface area contributed by atoms with Gasteiger partial charge in [-0.1, -0.05) is 30.3 Å². The van der Waals surface area contributed by atoms with Crippen LogP contribution in [-0.2, 0) is 16.6 Å². The fourth-order valence-corrected chi connectivity index (χ4v) is 2.94. The predicted octanol–water partition coefficient (Wildman–Crippen LogP) is 2.12. The molecule has 0 aliphatic heterocycles. The van der Waals surface area contributed by atoms with E-state index in [0.717, 1.165) is 6.07 Å². The number of hydrogen-bond donors (Lipinski definition) is 2. The maximum atomic E-state index is 13.4. The van der Waals surface area contributed by atoms with Crippen LogP contribution in [0.25, 0.3) is 0 Å². The number of para-hydroxylation sites is 1. The zero-order valence-corrected chi connectivity index (χ0v) is 10.7. The maximum Gasteiger partial charge on any atom is 0.262 e. The van der Waals surface area contributed by atoms with Crippen LogP contribution in [0, 0.1) is 5.82 Å². The van der Waals surface area contributed by atoms with Gasteiger partial charge in [-0.15, -0.1) is 0 Å². The number of aliphatic hydroxyl groups is 1. The summed E-state index contributed by atoms with van der Waals surface area (Å²) >= 11 is 0. The normalized spacial score (nSPS) is 11.3. The highest BCUT2D eigenvalue weighted by Gasteiger charge is 2.19. The van der Waals surface area contributed by atoms with Crippen LogP contribution in [0.15, 0.2) is 53.4 Å². The molecule has 0 aliphatic carbocycles. The highest BCUT2D eigenvalue weighted by Crippen LogP contribution is 2.21. The molecular formula is C13H12FNO3S. The predicted molar refractivity (Wildman–Crippen MR) is 69.6 cm³/mol. The molecule has 2 N–H and O–H groups in total. The van der Waals surface area contributed by atoms with E-state index in [-0.39, 0.29) is 16.1 Å². The van der Waals surface area contributed by atoms with E-state index >= 15 is 0 Å². The van der Waals surface area contributed by atoms with E-state index in [1.807, 2.05) is 0 Å². The molecule has 0 fully saturated rings. The number of nitrogens with one attached hydrogen (secondary N) is 1. The van der Waals surface area contributed by atoms with Gasteiger partial charge in [0.1, 0.15) is 5.82 Å². The second kappa shape index (κ2) is 5.38. The fraction of sp³-hybridized carbons (Fsp3) is 0.0769. The van der Waals surface area contributed by atoms with Gasteiger partial charge in [-0.3, -0.25) is 4.72 Å². The molecule has 0 spiro atoms. The lowest BCUT2D eigenvalue weighted by atomic mass is 10.2. The highest BCUT2D eigenvalue weighted by atomic mass is 32.2. The molecule has 0 radical (unpaired) electrons. The van der Waals surface area contributed by atoms with Gasteiger partial charge in [-0.25, -0.2) is 12.8 Å². The quantitative estimate of drug-likeness (QED) is 0.902. The Hall–Kier alpha value is -1.92. The van der Waals surface area contributed by atoms with Crippen LogP contribution in [0.4, 0.5) is 10.1 Å². The highest BCUT2D eigenvalue weighted by molar-refractivity contribution is 7.92. The minimum atomic E-state index is -3.93. The monoisotopic (exact) mass is 281 g/mol. The number of halogens is 1. The minimum Gasteiger partial charge on any atom is -0.392 e. The topological polar surface area (TPSA) is 66.4 Å². The van der Waals surface area contributed by atoms with Crippen LogP contribution in [0.2, 0.25) is 0 Å². The standard InChI is InChI=1S/C13H12FNO3S/c14-11-6-2-3-7-12(11)15-19(17,18)13-8-4-1-5-10(13)9-16/h1-8,15-16H,9H2. The van der Waals surface area contributed by atoms with Crippen molar-refractivity contribution in [2.24, 2.45) is 0 Å². The second-order valence-electron chi connectivity index (χ2n) is 3.85. The van der Waals surface area contributed by atoms with Gasteiger partial charge >= 0.3 is 0 Å². The summed E-state index contributed by atoms with van der Waals surface area (Å²) in [5.74, 6) is -0.660. The van der Waals surface area contributed by atoms with Crippen molar-refractivity contribution in [3.8, 4) is 0 Å². The van der Waals surface area contributed by atoms with Gasteiger partial charge in [0.2, 0.25) is 0 Å². The Bertz CT molecular complexity index is 686. The van der Waals surface area contributed by atoms with Gasteiger partial charge in [-0.05, 0) is 23.8 Å². The molecule has 19 heavy (non-hydrogen) atoms. The molecule has 0 amide bonds. The molecule has 0 saturated heterocycles. The number of aliphatic hydroxyl groups excluding tert-OH is 1. The summed E-state index contributed by atoms with van der Waals surface area (Å²) in [6, 6.07) is 11.5. The molecule has 0 saturated carbocycles. The van der Waals surface area contributed by atoms with Gasteiger partial charge in [0.25, 0.3) is 10.0 Å². The molecule has 2 rings (SSSR count). The lowest BCUT2D eigenvalue weighted by Gasteiger charge is -2.11. The van der Waals surface area contributed by atoms with Crippen molar-refractivity contribution in [3.63, 3.8) is 0 Å². The van der Waals surface area contributed by atoms with Crippen LogP contribution in [0.5, 0.6) is 0 Å². The average Bonchev–Trinajstić information content (AvgIpc) is 2.41. The number of benzene rings is 2. The molecule has 4 nitrogen and oxygen atoms in total. The van der Waals surface area contributed by atoms with Gasteiger partial charge in [0, 0.05) is 0 Å². The molecule has 6 heteroatoms. The van der Waals surface area contributed by atoms with E-state index < -0.39 is 22.4 Å². The summed E-state index contributed by atoms with van der Waals surface area (Å²) < 4.78 is 39.9. The van der Waals surface area contributed by atoms with Gasteiger partial charge in [-0.2, -0.15) is 0 Å². The summed E-state index contributed by atoms with van der Waals surface area (Å²) in [6.45, 7) is -0.408. The molecule has 0 atom stereocenters. The second-order valence-corrected chi connectivity index (χ2v) is 5.50. The Kier molecular flexibility index (Phi) is 3.82. The first-order chi connectivity index (χ1) is 9.04. The Morgan fingerprint density at radius 1 is 1.05 bits per heavy atom. The van der Waals surface area contributed by atoms with E-state index in [1.165, 1.54) is 36.4 Å². The van der Waals surface area contributed by atoms with Crippen LogP contribution in [0.1, 0.15) is 5.56 Å². The number of hydrogen-bond acceptors (Lipinski definition) is 3. The third kappa shape index (κ3) is 2.91. The molecule has 2 aromatic rings. The summed E-state index contributed by atoms with van der Waals surface area (Å²) in [5, 5.41) is 9.14. The zero-order chi connectivity index (χ0) is 13.9. The SMILES string of the molecule is O=S(=O)(Nc1ccccc1F)c1ccccc1CO. The summed E-state index contributed by atoms with van der Waals surface area (Å²) in [4.78, 5) is -0.0687. The first-order valence-corrected chi connectivity index (χ1v) is 6.99. The fourth-order valence-electron chi connectivity index (χ4n) is 1.64. The molecule has 0 unspecified atom stereocenters. The number of rotatable bonds is 4. The van der Waals surface area contributed by atoms with Crippen LogP contribution < -0.4 is 4.72 Å². The van der Waals surface area contributed by atoms with Crippen LogP contribution in [0.3, 0.4) is 0 Å². The van der Waals surface area contributed by atoms with Gasteiger partial charge in [0.05, 0.1) is 17.2 Å². The maximum absolute atomic E-state index is 13.4. The summed E-state index contributed by atoms with van der Waals surface area (Å²) in [5.41, 5.74) is 0.126. The third-order valence-corrected chi connectivity index (χ3v) is 4.02. The molecular weight excluding hydrogens is 269 g/mol. The Morgan fingerprint density at radius 3 is 2.37 bits per heavy atom. The van der Waals surface area contributed by atoms with Crippen molar-refractivity contribution in [2.75, 3.05) is 4.72 Å². The molecule has 2 aromatic carbocycles. The summed E-state index contributed by atoms with van der Waals surface area (Å²) in [7, 11) is -3.93. The van der Waals surface area contributed by atoms with Gasteiger partial charge < -0.3 is 5.11 Å². The van der Waals surface area contributed by atoms with Crippen molar-refractivity contribution in [3.05, 3.63) is 59.9 Å². The zero-order valence-electron chi connectivity index (χ0n) is 9.88. The molecule has 0 bridgehead atoms. The van der Waals surface area contributed by atoms with Crippen LogP contribution in [-0.4, -0.2) is 13.5 Å². The molecule has 0 aromatic heterocycles. The van der Waals surface area contributed by atoms with Crippen molar-refractivity contribution in [2.45, 2.75) is 11.5 Å². The van der Waals surface area contributed by atoms with Crippen molar-refractivity contribution in [1.29, 1.82) is 0 Å². The number of anilines is 1. The molecule has 0 aliphatic rings. The molecule has 100 valence electrons. The third-order valence-electron chi connectivity index (χ3n) is 2.55. The summed E-state index contributed by atoms with van der Waals surface area (Å²) in [6.07, 6.45) is 0. The minimum absolute atomic E-state index is 0.0687. The van der Waals surface area contributed by atoms with Crippen molar-refractivity contribution >= 4 is 15.7 Å². The Balaban J connectivity index is 2.41. The van der Waals surface area contributed by atoms with Crippen molar-refractivity contribution < 1.29 is 17.9 Å². The van der Waals surface area contributed by atoms with E-state index in [2.05, 4.69) is 4.72 Å². The first-order valence-electron chi connectivity index (χ1n) is 5.51. The van der Waals surface area contributed by atoms with Gasteiger partial charge in [0.15, 0.2) is 0 Å². The smallest absolute Gasteiger partial charge is 0.262 e. The van der Waals surface area contributed by atoms with Crippen molar-refractivity contribution in [1.82, 2.24) is 0 Å². The van der Waals surface area contributed by atoms with E-state index in [0.29, 0.717) is 0 Å². The lowest BCUT2D eigenvalue weighted by Crippen LogP contribution is -2.15. The van der Waals surface area contributed by atoms with E-state index in [1.54, 1.807) is 6.07 Å². The Labute approximate surface area is 110 Å². The lowest BCUT2D eigenvalue weighted by molar-refractivity contribution is 0.278. The van der Waals surface area contributed by atoms with Crippen LogP contribution >= 0.6 is 0 Å². The van der Waals surface area contributed by atoms with E-state index in [4.69, 9.17) is 5.11 Å². The average molecular weight is 281 g/mol. The largest absolute Gasteiger partial charge is 0.392 e.